The molecule has 0 saturated heterocycles. The number of allylic oxidation sites excluding steroid dienone is 6. The van der Waals surface area contributed by atoms with Crippen molar-refractivity contribution in [2.75, 3.05) is 0 Å². The lowest BCUT2D eigenvalue weighted by Crippen LogP contribution is -1.86. The van der Waals surface area contributed by atoms with Crippen LogP contribution in [0.25, 0.3) is 5.57 Å². The van der Waals surface area contributed by atoms with E-state index in [0.717, 1.165) is 5.57 Å². The molecule has 0 aliphatic carbocycles. The SMILES string of the molecule is C/C=C(/C)C=N.C/C=C\C(=C/C(C)C)c1cccc(C)c1. The van der Waals surface area contributed by atoms with Crippen molar-refractivity contribution >= 4 is 11.8 Å². The first-order valence-corrected chi connectivity index (χ1v) is 7.49. The van der Waals surface area contributed by atoms with Crippen molar-refractivity contribution in [1.29, 1.82) is 5.41 Å². The number of hydrogen-bond donors (Lipinski definition) is 1. The fraction of sp³-hybridized carbons (Fsp3) is 0.350. The Morgan fingerprint density at radius 1 is 1.19 bits per heavy atom. The molecule has 1 aromatic carbocycles. The van der Waals surface area contributed by atoms with E-state index in [4.69, 9.17) is 5.41 Å². The molecule has 0 spiro atoms. The van der Waals surface area contributed by atoms with Gasteiger partial charge in [0.15, 0.2) is 0 Å². The Morgan fingerprint density at radius 3 is 2.24 bits per heavy atom. The van der Waals surface area contributed by atoms with Gasteiger partial charge in [-0.15, -0.1) is 0 Å². The third-order valence-electron chi connectivity index (χ3n) is 2.89. The molecule has 0 heterocycles. The summed E-state index contributed by atoms with van der Waals surface area (Å²) in [6.45, 7) is 12.4. The third-order valence-corrected chi connectivity index (χ3v) is 2.89. The molecule has 1 aromatic rings. The van der Waals surface area contributed by atoms with Crippen LogP contribution in [0.3, 0.4) is 0 Å². The molecular weight excluding hydrogens is 254 g/mol. The highest BCUT2D eigenvalue weighted by Crippen LogP contribution is 2.19. The van der Waals surface area contributed by atoms with Gasteiger partial charge in [-0.25, -0.2) is 0 Å². The van der Waals surface area contributed by atoms with Crippen molar-refractivity contribution in [1.82, 2.24) is 0 Å². The van der Waals surface area contributed by atoms with Gasteiger partial charge in [0.2, 0.25) is 0 Å². The number of rotatable bonds is 4. The molecule has 0 aromatic heterocycles. The molecule has 0 bridgehead atoms. The Hall–Kier alpha value is -1.89. The molecule has 0 radical (unpaired) electrons. The first kappa shape index (κ1) is 19.1. The fourth-order valence-corrected chi connectivity index (χ4v) is 1.69. The molecule has 0 aliphatic rings. The maximum absolute atomic E-state index is 6.62. The van der Waals surface area contributed by atoms with Gasteiger partial charge in [0.1, 0.15) is 0 Å². The predicted molar refractivity (Wildman–Crippen MR) is 97.0 cm³/mol. The van der Waals surface area contributed by atoms with E-state index in [1.165, 1.54) is 22.9 Å². The van der Waals surface area contributed by atoms with E-state index in [1.54, 1.807) is 0 Å². The molecule has 0 aliphatic heterocycles. The molecule has 1 N–H and O–H groups in total. The lowest BCUT2D eigenvalue weighted by molar-refractivity contribution is 0.834. The van der Waals surface area contributed by atoms with Crippen LogP contribution in [0.5, 0.6) is 0 Å². The van der Waals surface area contributed by atoms with Crippen LogP contribution in [-0.2, 0) is 0 Å². The number of nitrogens with one attached hydrogen (secondary N) is 1. The highest BCUT2D eigenvalue weighted by atomic mass is 14.3. The van der Waals surface area contributed by atoms with E-state index in [9.17, 15) is 0 Å². The lowest BCUT2D eigenvalue weighted by Gasteiger charge is -2.06. The molecule has 1 rings (SSSR count). The largest absolute Gasteiger partial charge is 0.308 e. The van der Waals surface area contributed by atoms with E-state index >= 15 is 0 Å². The topological polar surface area (TPSA) is 23.9 Å². The van der Waals surface area contributed by atoms with Gasteiger partial charge in [-0.05, 0) is 50.3 Å². The van der Waals surface area contributed by atoms with Crippen molar-refractivity contribution < 1.29 is 0 Å². The van der Waals surface area contributed by atoms with Crippen LogP contribution >= 0.6 is 0 Å². The zero-order valence-electron chi connectivity index (χ0n) is 14.3. The Balaban J connectivity index is 0.000000567. The van der Waals surface area contributed by atoms with E-state index < -0.39 is 0 Å². The molecule has 0 amide bonds. The van der Waals surface area contributed by atoms with Crippen molar-refractivity contribution in [3.8, 4) is 0 Å². The highest BCUT2D eigenvalue weighted by molar-refractivity contribution is 5.74. The molecule has 0 saturated carbocycles. The second-order valence-electron chi connectivity index (χ2n) is 5.41. The second kappa shape index (κ2) is 10.8. The molecule has 1 heteroatoms. The first-order chi connectivity index (χ1) is 9.94. The Bertz CT molecular complexity index is 516. The Labute approximate surface area is 130 Å². The minimum absolute atomic E-state index is 0.580. The van der Waals surface area contributed by atoms with Crippen LogP contribution in [0.15, 0.2) is 54.1 Å². The van der Waals surface area contributed by atoms with Crippen LogP contribution in [0.2, 0.25) is 0 Å². The predicted octanol–water partition coefficient (Wildman–Crippen LogP) is 6.21. The quantitative estimate of drug-likeness (QED) is 0.501. The first-order valence-electron chi connectivity index (χ1n) is 7.49. The summed E-state index contributed by atoms with van der Waals surface area (Å²) in [6.07, 6.45) is 9.80. The number of benzene rings is 1. The average Bonchev–Trinajstić information content (AvgIpc) is 2.46. The summed E-state index contributed by atoms with van der Waals surface area (Å²) >= 11 is 0. The van der Waals surface area contributed by atoms with Crippen molar-refractivity contribution in [3.05, 3.63) is 65.3 Å². The normalized spacial score (nSPS) is 12.3. The maximum atomic E-state index is 6.62. The van der Waals surface area contributed by atoms with Crippen molar-refractivity contribution in [2.45, 2.75) is 41.5 Å². The van der Waals surface area contributed by atoms with Crippen LogP contribution < -0.4 is 0 Å². The summed E-state index contributed by atoms with van der Waals surface area (Å²) in [7, 11) is 0. The molecular formula is C20H29N. The van der Waals surface area contributed by atoms with Gasteiger partial charge >= 0.3 is 0 Å². The standard InChI is InChI=1S/C15H20.C5H9N/c1-5-7-14(10-12(2)3)15-9-6-8-13(4)11-15;1-3-5(2)4-6/h5-12H,1-4H3;3-4,6H,1-2H3/b7-5-,14-10+;5-3-,6-4?. The van der Waals surface area contributed by atoms with Gasteiger partial charge < -0.3 is 5.41 Å². The van der Waals surface area contributed by atoms with Gasteiger partial charge in [0, 0.05) is 6.21 Å². The minimum Gasteiger partial charge on any atom is -0.308 e. The maximum Gasteiger partial charge on any atom is 0.0203 e. The summed E-state index contributed by atoms with van der Waals surface area (Å²) in [6, 6.07) is 8.64. The summed E-state index contributed by atoms with van der Waals surface area (Å²) in [5.41, 5.74) is 4.94. The van der Waals surface area contributed by atoms with Gasteiger partial charge in [0.25, 0.3) is 0 Å². The monoisotopic (exact) mass is 283 g/mol. The molecule has 1 nitrogen and oxygen atoms in total. The summed E-state index contributed by atoms with van der Waals surface area (Å²) in [5, 5.41) is 6.62. The molecule has 0 fully saturated rings. The number of hydrogen-bond acceptors (Lipinski definition) is 1. The summed E-state index contributed by atoms with van der Waals surface area (Å²) in [4.78, 5) is 0. The molecule has 21 heavy (non-hydrogen) atoms. The molecule has 114 valence electrons. The minimum atomic E-state index is 0.580. The van der Waals surface area contributed by atoms with Gasteiger partial charge in [-0.1, -0.05) is 68.0 Å². The highest BCUT2D eigenvalue weighted by Gasteiger charge is 1.99. The van der Waals surface area contributed by atoms with Crippen molar-refractivity contribution in [3.63, 3.8) is 0 Å². The second-order valence-corrected chi connectivity index (χ2v) is 5.41. The van der Waals surface area contributed by atoms with Gasteiger partial charge in [-0.2, -0.15) is 0 Å². The van der Waals surface area contributed by atoms with Crippen molar-refractivity contribution in [2.24, 2.45) is 5.92 Å². The molecule has 0 atom stereocenters. The van der Waals surface area contributed by atoms with Crippen LogP contribution in [0.4, 0.5) is 0 Å². The van der Waals surface area contributed by atoms with Crippen LogP contribution in [-0.4, -0.2) is 6.21 Å². The lowest BCUT2D eigenvalue weighted by atomic mass is 10.00. The average molecular weight is 283 g/mol. The van der Waals surface area contributed by atoms with Crippen LogP contribution in [0, 0.1) is 18.3 Å². The Morgan fingerprint density at radius 2 is 1.86 bits per heavy atom. The number of aryl methyl sites for hydroxylation is 1. The third kappa shape index (κ3) is 8.80. The van der Waals surface area contributed by atoms with Gasteiger partial charge in [0.05, 0.1) is 0 Å². The van der Waals surface area contributed by atoms with Crippen LogP contribution in [0.1, 0.15) is 45.7 Å². The van der Waals surface area contributed by atoms with Gasteiger partial charge in [-0.3, -0.25) is 0 Å². The van der Waals surface area contributed by atoms with E-state index in [0.29, 0.717) is 5.92 Å². The van der Waals surface area contributed by atoms with E-state index in [1.807, 2.05) is 19.9 Å². The van der Waals surface area contributed by atoms with E-state index in [-0.39, 0.29) is 0 Å². The smallest absolute Gasteiger partial charge is 0.0203 e. The zero-order chi connectivity index (χ0) is 16.3. The van der Waals surface area contributed by atoms with E-state index in [2.05, 4.69) is 70.2 Å². The Kier molecular flexibility index (Phi) is 9.87. The molecule has 0 unspecified atom stereocenters. The zero-order valence-corrected chi connectivity index (χ0v) is 14.3. The summed E-state index contributed by atoms with van der Waals surface area (Å²) in [5.74, 6) is 0.580. The summed E-state index contributed by atoms with van der Waals surface area (Å²) < 4.78 is 0. The fourth-order valence-electron chi connectivity index (χ4n) is 1.69.